The van der Waals surface area contributed by atoms with Crippen LogP contribution in [0.2, 0.25) is 5.02 Å². The quantitative estimate of drug-likeness (QED) is 0.547. The van der Waals surface area contributed by atoms with Crippen molar-refractivity contribution >= 4 is 35.0 Å². The number of carbonyl (C=O) groups excluding carboxylic acids is 2. The largest absolute Gasteiger partial charge is 0.493 e. The average molecular weight is 485 g/mol. The number of nitrogens with one attached hydrogen (secondary N) is 1. The van der Waals surface area contributed by atoms with Gasteiger partial charge in [0.2, 0.25) is 11.9 Å². The molecule has 1 N–H and O–H groups in total. The Morgan fingerprint density at radius 1 is 1.29 bits per heavy atom. The van der Waals surface area contributed by atoms with E-state index in [1.807, 2.05) is 29.2 Å². The van der Waals surface area contributed by atoms with Crippen LogP contribution in [0.3, 0.4) is 0 Å². The molecule has 4 heterocycles. The Morgan fingerprint density at radius 3 is 2.85 bits per heavy atom. The minimum Gasteiger partial charge on any atom is -0.493 e. The number of piperazine rings is 1. The van der Waals surface area contributed by atoms with E-state index in [1.54, 1.807) is 17.2 Å². The lowest BCUT2D eigenvalue weighted by Crippen LogP contribution is -2.69. The maximum atomic E-state index is 13.5. The van der Waals surface area contributed by atoms with E-state index in [-0.39, 0.29) is 24.5 Å². The molecule has 0 bridgehead atoms. The Bertz CT molecular complexity index is 1250. The molecule has 2 amide bonds. The average Bonchev–Trinajstić information content (AvgIpc) is 3.23. The second-order valence-corrected chi connectivity index (χ2v) is 8.82. The zero-order valence-corrected chi connectivity index (χ0v) is 19.7. The van der Waals surface area contributed by atoms with E-state index in [0.717, 1.165) is 18.5 Å². The fraction of sp³-hybridized carbons (Fsp3) is 0.391. The molecule has 0 saturated carbocycles. The number of pyridine rings is 1. The summed E-state index contributed by atoms with van der Waals surface area (Å²) < 4.78 is 12.3. The number of rotatable bonds is 7. The van der Waals surface area contributed by atoms with Gasteiger partial charge in [0.05, 0.1) is 25.3 Å². The Hall–Kier alpha value is -3.37. The van der Waals surface area contributed by atoms with Crippen molar-refractivity contribution < 1.29 is 19.1 Å². The van der Waals surface area contributed by atoms with Crippen LogP contribution < -0.4 is 10.1 Å². The topological polar surface area (TPSA) is 101 Å². The molecule has 2 saturated heterocycles. The van der Waals surface area contributed by atoms with Crippen molar-refractivity contribution in [2.75, 3.05) is 39.2 Å². The Kier molecular flexibility index (Phi) is 6.01. The van der Waals surface area contributed by atoms with Crippen molar-refractivity contribution in [3.05, 3.63) is 52.7 Å². The number of ether oxygens (including phenoxy) is 2. The minimum atomic E-state index is -0.651. The molecule has 2 aliphatic heterocycles. The number of halogens is 1. The molecule has 2 aliphatic rings. The van der Waals surface area contributed by atoms with Crippen molar-refractivity contribution in [2.45, 2.75) is 25.0 Å². The van der Waals surface area contributed by atoms with Gasteiger partial charge in [-0.15, -0.1) is 5.10 Å². The lowest BCUT2D eigenvalue weighted by molar-refractivity contribution is -0.154. The molecule has 0 spiro atoms. The predicted octanol–water partition coefficient (Wildman–Crippen LogP) is 2.08. The number of fused-ring (bicyclic) bond motifs is 2. The Morgan fingerprint density at radius 2 is 2.15 bits per heavy atom. The maximum absolute atomic E-state index is 13.5. The first-order chi connectivity index (χ1) is 16.5. The van der Waals surface area contributed by atoms with E-state index in [1.165, 1.54) is 18.7 Å². The molecule has 34 heavy (non-hydrogen) atoms. The lowest BCUT2D eigenvalue weighted by atomic mass is 9.95. The third-order valence-corrected chi connectivity index (χ3v) is 6.52. The number of carbonyl (C=O) groups is 2. The lowest BCUT2D eigenvalue weighted by Gasteiger charge is -2.51. The number of hydrogen-bond acceptors (Lipinski definition) is 7. The summed E-state index contributed by atoms with van der Waals surface area (Å²) in [6.07, 6.45) is 2.50. The summed E-state index contributed by atoms with van der Waals surface area (Å²) in [5.74, 6) is 0.453. The van der Waals surface area contributed by atoms with Crippen LogP contribution in [0.4, 0.5) is 5.95 Å². The van der Waals surface area contributed by atoms with Crippen molar-refractivity contribution in [3.8, 4) is 5.75 Å². The van der Waals surface area contributed by atoms with Gasteiger partial charge in [-0.3, -0.25) is 9.59 Å². The SMILES string of the molecule is COCC1C(=O)N2CCC2CN1C(=O)c1cc(OC)c2nc(NCc3cccc(Cl)c3)nn2c1. The summed E-state index contributed by atoms with van der Waals surface area (Å²) in [6.45, 7) is 1.84. The minimum absolute atomic E-state index is 0.0591. The summed E-state index contributed by atoms with van der Waals surface area (Å²) in [6, 6.07) is 8.54. The molecule has 2 atom stereocenters. The molecule has 2 fully saturated rings. The second-order valence-electron chi connectivity index (χ2n) is 8.39. The van der Waals surface area contributed by atoms with Crippen molar-refractivity contribution in [2.24, 2.45) is 0 Å². The highest BCUT2D eigenvalue weighted by Gasteiger charge is 2.46. The number of benzene rings is 1. The normalized spacial score (nSPS) is 19.7. The Labute approximate surface area is 201 Å². The highest BCUT2D eigenvalue weighted by molar-refractivity contribution is 6.30. The summed E-state index contributed by atoms with van der Waals surface area (Å²) in [5, 5.41) is 8.29. The van der Waals surface area contributed by atoms with Gasteiger partial charge >= 0.3 is 0 Å². The van der Waals surface area contributed by atoms with Gasteiger partial charge in [-0.2, -0.15) is 4.98 Å². The molecule has 2 aromatic heterocycles. The van der Waals surface area contributed by atoms with Crippen LogP contribution in [-0.4, -0.2) is 82.2 Å². The molecule has 10 nitrogen and oxygen atoms in total. The Balaban J connectivity index is 1.41. The van der Waals surface area contributed by atoms with Crippen LogP contribution >= 0.6 is 11.6 Å². The molecule has 2 unspecified atom stereocenters. The zero-order valence-electron chi connectivity index (χ0n) is 18.9. The van der Waals surface area contributed by atoms with E-state index >= 15 is 0 Å². The van der Waals surface area contributed by atoms with E-state index in [2.05, 4.69) is 15.4 Å². The molecular weight excluding hydrogens is 460 g/mol. The number of hydrogen-bond donors (Lipinski definition) is 1. The molecule has 0 aliphatic carbocycles. The number of amides is 2. The standard InChI is InChI=1S/C23H25ClN6O4/c1-33-13-18-22(32)28-7-6-17(28)12-29(18)21(31)15-9-19(34-2)20-26-23(27-30(20)11-15)25-10-14-4-3-5-16(24)8-14/h3-5,8-9,11,17-18H,6-7,10,12-13H2,1-2H3,(H,25,27). The zero-order chi connectivity index (χ0) is 23.8. The van der Waals surface area contributed by atoms with Crippen LogP contribution in [-0.2, 0) is 16.1 Å². The highest BCUT2D eigenvalue weighted by atomic mass is 35.5. The van der Waals surface area contributed by atoms with Gasteiger partial charge < -0.3 is 24.6 Å². The van der Waals surface area contributed by atoms with Gasteiger partial charge in [0, 0.05) is 38.0 Å². The van der Waals surface area contributed by atoms with Crippen molar-refractivity contribution in [1.29, 1.82) is 0 Å². The fourth-order valence-electron chi connectivity index (χ4n) is 4.44. The van der Waals surface area contributed by atoms with Crippen LogP contribution in [0, 0.1) is 0 Å². The highest BCUT2D eigenvalue weighted by Crippen LogP contribution is 2.29. The third kappa shape index (κ3) is 4.03. The van der Waals surface area contributed by atoms with Crippen LogP contribution in [0.1, 0.15) is 22.3 Å². The molecule has 0 radical (unpaired) electrons. The summed E-state index contributed by atoms with van der Waals surface area (Å²) in [5.41, 5.74) is 1.82. The monoisotopic (exact) mass is 484 g/mol. The number of methoxy groups -OCH3 is 2. The van der Waals surface area contributed by atoms with Gasteiger partial charge in [-0.05, 0) is 30.2 Å². The van der Waals surface area contributed by atoms with Crippen LogP contribution in [0.25, 0.3) is 5.65 Å². The maximum Gasteiger partial charge on any atom is 0.256 e. The predicted molar refractivity (Wildman–Crippen MR) is 125 cm³/mol. The summed E-state index contributed by atoms with van der Waals surface area (Å²) in [4.78, 5) is 34.3. The number of nitrogens with zero attached hydrogens (tertiary/aromatic N) is 5. The van der Waals surface area contributed by atoms with Gasteiger partial charge in [0.15, 0.2) is 11.4 Å². The summed E-state index contributed by atoms with van der Waals surface area (Å²) >= 11 is 6.05. The number of aromatic nitrogens is 3. The van der Waals surface area contributed by atoms with Crippen LogP contribution in [0.15, 0.2) is 36.5 Å². The van der Waals surface area contributed by atoms with E-state index in [9.17, 15) is 9.59 Å². The first kappa shape index (κ1) is 22.4. The molecule has 1 aromatic carbocycles. The van der Waals surface area contributed by atoms with Crippen LogP contribution in [0.5, 0.6) is 5.75 Å². The summed E-state index contributed by atoms with van der Waals surface area (Å²) in [7, 11) is 3.04. The van der Waals surface area contributed by atoms with Crippen molar-refractivity contribution in [3.63, 3.8) is 0 Å². The molecule has 11 heteroatoms. The molecule has 178 valence electrons. The first-order valence-electron chi connectivity index (χ1n) is 11.0. The first-order valence-corrected chi connectivity index (χ1v) is 11.4. The van der Waals surface area contributed by atoms with Gasteiger partial charge in [0.1, 0.15) is 6.04 Å². The molecule has 5 rings (SSSR count). The van der Waals surface area contributed by atoms with Gasteiger partial charge in [-0.1, -0.05) is 23.7 Å². The van der Waals surface area contributed by atoms with E-state index in [4.69, 9.17) is 21.1 Å². The van der Waals surface area contributed by atoms with Crippen molar-refractivity contribution in [1.82, 2.24) is 24.4 Å². The second kappa shape index (κ2) is 9.11. The third-order valence-electron chi connectivity index (χ3n) is 6.29. The fourth-order valence-corrected chi connectivity index (χ4v) is 4.65. The number of anilines is 1. The molecule has 3 aromatic rings. The molecular formula is C23H25ClN6O4. The van der Waals surface area contributed by atoms with Gasteiger partial charge in [0.25, 0.3) is 5.91 Å². The van der Waals surface area contributed by atoms with Gasteiger partial charge in [-0.25, -0.2) is 4.52 Å². The van der Waals surface area contributed by atoms with E-state index in [0.29, 0.717) is 41.0 Å². The smallest absolute Gasteiger partial charge is 0.256 e. The van der Waals surface area contributed by atoms with E-state index < -0.39 is 6.04 Å².